The standard InChI is InChI=1S/C12H19N/c1-4-7-11(8-5-2)12(10-13)9-6-3/h4H,1,5-9H2,2-3H3/b12-11-. The Morgan fingerprint density at radius 1 is 1.31 bits per heavy atom. The van der Waals surface area contributed by atoms with Crippen LogP contribution in [0, 0.1) is 11.3 Å². The van der Waals surface area contributed by atoms with Gasteiger partial charge in [0.05, 0.1) is 6.07 Å². The molecule has 0 rings (SSSR count). The molecule has 0 spiro atoms. The van der Waals surface area contributed by atoms with Crippen molar-refractivity contribution in [3.8, 4) is 6.07 Å². The molecule has 0 aromatic heterocycles. The first-order chi connectivity index (χ1) is 6.29. The van der Waals surface area contributed by atoms with Gasteiger partial charge in [-0.3, -0.25) is 0 Å². The van der Waals surface area contributed by atoms with Gasteiger partial charge in [-0.2, -0.15) is 5.26 Å². The van der Waals surface area contributed by atoms with Crippen molar-refractivity contribution in [1.82, 2.24) is 0 Å². The summed E-state index contributed by atoms with van der Waals surface area (Å²) in [6.07, 6.45) is 6.87. The van der Waals surface area contributed by atoms with Gasteiger partial charge in [0.15, 0.2) is 0 Å². The number of rotatable bonds is 6. The maximum atomic E-state index is 8.94. The van der Waals surface area contributed by atoms with E-state index in [1.54, 1.807) is 0 Å². The topological polar surface area (TPSA) is 23.8 Å². The minimum Gasteiger partial charge on any atom is -0.193 e. The van der Waals surface area contributed by atoms with E-state index < -0.39 is 0 Å². The fourth-order valence-corrected chi connectivity index (χ4v) is 1.41. The molecule has 0 fully saturated rings. The largest absolute Gasteiger partial charge is 0.193 e. The van der Waals surface area contributed by atoms with E-state index in [4.69, 9.17) is 5.26 Å². The lowest BCUT2D eigenvalue weighted by Crippen LogP contribution is -1.90. The maximum absolute atomic E-state index is 8.94. The smallest absolute Gasteiger partial charge is 0.0946 e. The van der Waals surface area contributed by atoms with Crippen LogP contribution in [0.25, 0.3) is 0 Å². The third kappa shape index (κ3) is 4.52. The van der Waals surface area contributed by atoms with Crippen LogP contribution in [-0.4, -0.2) is 0 Å². The van der Waals surface area contributed by atoms with E-state index in [1.807, 2.05) is 6.08 Å². The number of allylic oxidation sites excluding steroid dienone is 3. The van der Waals surface area contributed by atoms with Crippen molar-refractivity contribution >= 4 is 0 Å². The normalized spacial score (nSPS) is 11.8. The Hall–Kier alpha value is -1.03. The molecular formula is C12H19N. The molecule has 0 heterocycles. The SMILES string of the molecule is C=CC/C(CCC)=C(/C#N)CCC. The minimum atomic E-state index is 0.872. The van der Waals surface area contributed by atoms with Crippen molar-refractivity contribution in [2.45, 2.75) is 46.0 Å². The van der Waals surface area contributed by atoms with E-state index in [2.05, 4.69) is 26.5 Å². The molecule has 1 nitrogen and oxygen atoms in total. The third-order valence-electron chi connectivity index (χ3n) is 2.00. The lowest BCUT2D eigenvalue weighted by atomic mass is 9.98. The van der Waals surface area contributed by atoms with Crippen molar-refractivity contribution < 1.29 is 0 Å². The predicted octanol–water partition coefficient (Wildman–Crippen LogP) is 3.98. The van der Waals surface area contributed by atoms with Crippen molar-refractivity contribution in [3.63, 3.8) is 0 Å². The van der Waals surface area contributed by atoms with Gasteiger partial charge in [0.25, 0.3) is 0 Å². The van der Waals surface area contributed by atoms with Crippen LogP contribution in [0.2, 0.25) is 0 Å². The lowest BCUT2D eigenvalue weighted by Gasteiger charge is -2.06. The summed E-state index contributed by atoms with van der Waals surface area (Å²) in [6, 6.07) is 2.30. The molecule has 0 aliphatic rings. The summed E-state index contributed by atoms with van der Waals surface area (Å²) in [4.78, 5) is 0. The molecule has 72 valence electrons. The highest BCUT2D eigenvalue weighted by Gasteiger charge is 2.03. The van der Waals surface area contributed by atoms with Crippen LogP contribution in [0.5, 0.6) is 0 Å². The summed E-state index contributed by atoms with van der Waals surface area (Å²) in [5, 5.41) is 8.94. The van der Waals surface area contributed by atoms with Gasteiger partial charge in [-0.1, -0.05) is 38.3 Å². The molecule has 0 saturated heterocycles. The van der Waals surface area contributed by atoms with Crippen LogP contribution in [0.1, 0.15) is 46.0 Å². The number of hydrogen-bond donors (Lipinski definition) is 0. The van der Waals surface area contributed by atoms with Gasteiger partial charge in [0.2, 0.25) is 0 Å². The van der Waals surface area contributed by atoms with E-state index in [-0.39, 0.29) is 0 Å². The second-order valence-corrected chi connectivity index (χ2v) is 3.19. The fourth-order valence-electron chi connectivity index (χ4n) is 1.41. The van der Waals surface area contributed by atoms with Gasteiger partial charge < -0.3 is 0 Å². The Labute approximate surface area is 81.8 Å². The van der Waals surface area contributed by atoms with E-state index >= 15 is 0 Å². The fraction of sp³-hybridized carbons (Fsp3) is 0.583. The molecule has 0 N–H and O–H groups in total. The van der Waals surface area contributed by atoms with Crippen LogP contribution >= 0.6 is 0 Å². The Kier molecular flexibility index (Phi) is 7.01. The zero-order valence-electron chi connectivity index (χ0n) is 8.77. The molecule has 0 bridgehead atoms. The molecule has 1 heteroatoms. The van der Waals surface area contributed by atoms with E-state index in [0.29, 0.717) is 0 Å². The summed E-state index contributed by atoms with van der Waals surface area (Å²) >= 11 is 0. The summed E-state index contributed by atoms with van der Waals surface area (Å²) < 4.78 is 0. The monoisotopic (exact) mass is 177 g/mol. The average Bonchev–Trinajstić information content (AvgIpc) is 2.14. The molecule has 13 heavy (non-hydrogen) atoms. The van der Waals surface area contributed by atoms with Crippen molar-refractivity contribution in [2.24, 2.45) is 0 Å². The first kappa shape index (κ1) is 12.0. The number of nitrogens with zero attached hydrogens (tertiary/aromatic N) is 1. The van der Waals surface area contributed by atoms with Gasteiger partial charge in [0.1, 0.15) is 0 Å². The van der Waals surface area contributed by atoms with Crippen LogP contribution < -0.4 is 0 Å². The highest BCUT2D eigenvalue weighted by atomic mass is 14.3. The zero-order valence-corrected chi connectivity index (χ0v) is 8.77. The van der Waals surface area contributed by atoms with Crippen molar-refractivity contribution in [1.29, 1.82) is 5.26 Å². The Balaban J connectivity index is 4.56. The second kappa shape index (κ2) is 7.61. The summed E-state index contributed by atoms with van der Waals surface area (Å²) in [6.45, 7) is 7.96. The minimum absolute atomic E-state index is 0.872. The van der Waals surface area contributed by atoms with E-state index in [9.17, 15) is 0 Å². The molecule has 0 aliphatic heterocycles. The van der Waals surface area contributed by atoms with Gasteiger partial charge in [-0.15, -0.1) is 6.58 Å². The van der Waals surface area contributed by atoms with E-state index in [1.165, 1.54) is 5.57 Å². The third-order valence-corrected chi connectivity index (χ3v) is 2.00. The molecule has 0 aromatic carbocycles. The average molecular weight is 177 g/mol. The number of nitriles is 1. The molecule has 0 amide bonds. The molecule has 0 unspecified atom stereocenters. The molecule has 0 atom stereocenters. The van der Waals surface area contributed by atoms with Gasteiger partial charge >= 0.3 is 0 Å². The van der Waals surface area contributed by atoms with Gasteiger partial charge in [-0.25, -0.2) is 0 Å². The highest BCUT2D eigenvalue weighted by Crippen LogP contribution is 2.18. The van der Waals surface area contributed by atoms with Crippen molar-refractivity contribution in [2.75, 3.05) is 0 Å². The first-order valence-corrected chi connectivity index (χ1v) is 5.01. The molecular weight excluding hydrogens is 158 g/mol. The first-order valence-electron chi connectivity index (χ1n) is 5.01. The molecule has 0 aromatic rings. The van der Waals surface area contributed by atoms with Crippen LogP contribution in [0.3, 0.4) is 0 Å². The van der Waals surface area contributed by atoms with Gasteiger partial charge in [-0.05, 0) is 19.3 Å². The summed E-state index contributed by atoms with van der Waals surface area (Å²) in [5.74, 6) is 0. The van der Waals surface area contributed by atoms with Crippen molar-refractivity contribution in [3.05, 3.63) is 23.8 Å². The quantitative estimate of drug-likeness (QED) is 0.444. The number of hydrogen-bond acceptors (Lipinski definition) is 1. The van der Waals surface area contributed by atoms with E-state index in [0.717, 1.165) is 37.7 Å². The Morgan fingerprint density at radius 2 is 1.92 bits per heavy atom. The lowest BCUT2D eigenvalue weighted by molar-refractivity contribution is 0.835. The van der Waals surface area contributed by atoms with Crippen LogP contribution in [-0.2, 0) is 0 Å². The predicted molar refractivity (Wildman–Crippen MR) is 57.3 cm³/mol. The Morgan fingerprint density at radius 3 is 2.31 bits per heavy atom. The zero-order chi connectivity index (χ0) is 10.1. The van der Waals surface area contributed by atoms with Crippen LogP contribution in [0.15, 0.2) is 23.8 Å². The highest BCUT2D eigenvalue weighted by molar-refractivity contribution is 5.29. The summed E-state index contributed by atoms with van der Waals surface area (Å²) in [7, 11) is 0. The van der Waals surface area contributed by atoms with Gasteiger partial charge in [0, 0.05) is 5.57 Å². The maximum Gasteiger partial charge on any atom is 0.0946 e. The second-order valence-electron chi connectivity index (χ2n) is 3.19. The molecule has 0 aliphatic carbocycles. The van der Waals surface area contributed by atoms with Crippen LogP contribution in [0.4, 0.5) is 0 Å². The molecule has 0 radical (unpaired) electrons. The summed E-state index contributed by atoms with van der Waals surface area (Å²) in [5.41, 5.74) is 2.26. The molecule has 0 saturated carbocycles. The Bertz CT molecular complexity index is 218.